The van der Waals surface area contributed by atoms with E-state index in [1.165, 1.54) is 13.4 Å². The number of cyclic esters (lactones) is 1. The molecule has 1 unspecified atom stereocenters. The molecule has 0 radical (unpaired) electrons. The van der Waals surface area contributed by atoms with E-state index in [0.29, 0.717) is 208 Å². The maximum atomic E-state index is 14.8. The van der Waals surface area contributed by atoms with Crippen LogP contribution in [0.15, 0.2) is 119 Å². The fourth-order valence-electron chi connectivity index (χ4n) is 18.4. The van der Waals surface area contributed by atoms with Gasteiger partial charge in [-0.2, -0.15) is 10.1 Å². The van der Waals surface area contributed by atoms with E-state index in [0.717, 1.165) is 51.3 Å². The third-order valence-electron chi connectivity index (χ3n) is 26.4. The molecule has 38 nitrogen and oxygen atoms in total. The minimum atomic E-state index is -2.50. The molecule has 742 valence electrons. The van der Waals surface area contributed by atoms with Crippen LogP contribution >= 0.6 is 0 Å². The highest BCUT2D eigenvalue weighted by molar-refractivity contribution is 6.39. The molecule has 3 saturated heterocycles. The predicted octanol–water partition coefficient (Wildman–Crippen LogP) is 8.01. The summed E-state index contributed by atoms with van der Waals surface area (Å²) in [6, 6.07) is 11.2. The van der Waals surface area contributed by atoms with E-state index in [9.17, 15) is 44.1 Å². The Hall–Kier alpha value is -10.1. The molecule has 4 fully saturated rings. The number of aryl methyl sites for hydroxylation is 1. The van der Waals surface area contributed by atoms with E-state index in [1.54, 1.807) is 75.8 Å². The van der Waals surface area contributed by atoms with Gasteiger partial charge in [-0.15, -0.1) is 5.10 Å². The zero-order valence-electron chi connectivity index (χ0n) is 80.0. The van der Waals surface area contributed by atoms with Crippen LogP contribution in [0.1, 0.15) is 149 Å². The molecule has 38 heteroatoms. The molecule has 136 heavy (non-hydrogen) atoms. The number of benzene rings is 2. The Balaban J connectivity index is 0.535. The van der Waals surface area contributed by atoms with Gasteiger partial charge in [0, 0.05) is 140 Å². The van der Waals surface area contributed by atoms with Gasteiger partial charge >= 0.3 is 5.97 Å². The molecule has 2 bridgehead atoms. The number of nitrogens with two attached hydrogens (primary N) is 3. The molecular formula is C98H139N17O21. The lowest BCUT2D eigenvalue weighted by Crippen LogP contribution is -2.61. The number of allylic oxidation sites excluding steroid dienone is 6. The molecule has 0 spiro atoms. The van der Waals surface area contributed by atoms with Crippen molar-refractivity contribution < 1.29 is 101 Å². The third kappa shape index (κ3) is 29.0. The number of oxazole rings is 1. The SMILES string of the molecule is CO[C@H]1C[C@@H]2CC[C@@H](C)[C@@](O)(O2)C(=O)C(=O)N2CCCC[C@H]2C(=O)O[C@H]([C@H](N)C[C@@H]2CC[C@@H](OCc3cccc(-c4cnc(N5CCN(Cc6cn(CCOCCOCCOCCOCCOCCC(=O)NCCCCn7nc(-c8ccc9oc(N)nc9c8)c8c(N)ncnc87)nn6)C(CO)C5)nc4)c3)[C@H](OC)C2)CC(=O)[C@H](C)/C=C(\C)[C@@H](O)[C@@H](OC)C(=O)[C@H](C)C[C@H](C)/C=C/C=C/C=C/1C. The van der Waals surface area contributed by atoms with Crippen LogP contribution in [0.2, 0.25) is 0 Å². The van der Waals surface area contributed by atoms with Crippen molar-refractivity contribution in [2.75, 3.05) is 143 Å². The number of piperazine rings is 1. The van der Waals surface area contributed by atoms with E-state index in [1.807, 2.05) is 86.8 Å². The molecule has 9 heterocycles. The second kappa shape index (κ2) is 52.0. The molecule has 2 aromatic carbocycles. The number of Topliss-reactive ketones (excluding diaryl/α,β-unsaturated/α-hetero) is 3. The number of esters is 1. The summed E-state index contributed by atoms with van der Waals surface area (Å²) in [4.78, 5) is 113. The maximum absolute atomic E-state index is 14.8. The van der Waals surface area contributed by atoms with Crippen molar-refractivity contribution in [3.63, 3.8) is 0 Å². The van der Waals surface area contributed by atoms with E-state index in [2.05, 4.69) is 40.4 Å². The third-order valence-corrected chi connectivity index (χ3v) is 26.4. The van der Waals surface area contributed by atoms with Crippen LogP contribution in [0.25, 0.3) is 44.5 Å². The van der Waals surface area contributed by atoms with Gasteiger partial charge in [0.05, 0.1) is 127 Å². The molecule has 2 amide bonds. The Labute approximate surface area is 794 Å². The lowest BCUT2D eigenvalue weighted by molar-refractivity contribution is -0.265. The number of anilines is 3. The summed E-state index contributed by atoms with van der Waals surface area (Å²) < 4.78 is 74.2. The van der Waals surface area contributed by atoms with Crippen LogP contribution in [0.4, 0.5) is 17.8 Å². The summed E-state index contributed by atoms with van der Waals surface area (Å²) in [5.74, 6) is -7.68. The number of unbranched alkanes of at least 4 members (excludes halogenated alkanes) is 1. The van der Waals surface area contributed by atoms with Gasteiger partial charge in [0.2, 0.25) is 17.6 Å². The number of nitrogen functional groups attached to an aromatic ring is 2. The summed E-state index contributed by atoms with van der Waals surface area (Å²) in [6.45, 7) is 18.5. The van der Waals surface area contributed by atoms with Gasteiger partial charge in [-0.25, -0.2) is 34.1 Å². The first-order chi connectivity index (χ1) is 65.7. The highest BCUT2D eigenvalue weighted by Gasteiger charge is 2.53. The standard InChI is InChI=1S/C98H139N17O21/c1-62-18-11-10-12-19-63(2)82(125-7)52-75-26-23-67(6)98(124,136-75)91(121)94(122)114-31-15-13-22-78(114)95(123)134-83(53-79(117)64(3)47-66(5)89(120)90(127-9)88(119)65(4)46-62)76(99)49-68-24-27-81(84(50-68)126-8)133-60-69-20-17-21-70(48-69)72-54-103-97(104-55-72)112-34-33-111(74(58-112)59-116)56-73-57-113(110-108-73)35-37-129-39-41-131-43-45-132-44-42-130-40-38-128-36-29-85(118)102-30-14-16-32-115-93-86(92(100)105-61-106-93)87(109-115)71-25-28-80-77(51-71)107-96(101)135-80/h10-12,17-21,25,28,47-48,51,54-55,57,61-62,64-65,67-68,74-76,78,81-84,89-90,116,120,124H,13-16,22-24,26-27,29-46,49-50,52-53,56,58-60,99H2,1-9H3,(H2,101,107)(H,102,118)(H2,100,105,106)/b12-10+,18-11+,63-19+,66-47+/t62-,64-,65-,67-,68+,74?,75+,76-,78+,81-,82+,83+,84-,89-,90+,98-/m1/s1. The van der Waals surface area contributed by atoms with Gasteiger partial charge in [-0.3, -0.25) is 28.9 Å². The number of hydrogen-bond acceptors (Lipinski definition) is 34. The van der Waals surface area contributed by atoms with Crippen molar-refractivity contribution in [1.29, 1.82) is 0 Å². The lowest BCUT2D eigenvalue weighted by atomic mass is 9.80. The zero-order valence-corrected chi connectivity index (χ0v) is 80.0. The number of aliphatic hydroxyl groups is 3. The van der Waals surface area contributed by atoms with Crippen LogP contribution < -0.4 is 27.4 Å². The van der Waals surface area contributed by atoms with E-state index < -0.39 is 83.8 Å². The number of nitrogens with zero attached hydrogens (tertiary/aromatic N) is 13. The van der Waals surface area contributed by atoms with Crippen molar-refractivity contribution in [2.45, 2.75) is 231 Å². The summed E-state index contributed by atoms with van der Waals surface area (Å²) in [7, 11) is 4.58. The van der Waals surface area contributed by atoms with Gasteiger partial charge in [0.1, 0.15) is 53.5 Å². The van der Waals surface area contributed by atoms with Gasteiger partial charge in [-0.05, 0) is 149 Å². The number of carbonyl (C=O) groups is 6. The van der Waals surface area contributed by atoms with Crippen molar-refractivity contribution in [2.24, 2.45) is 35.3 Å². The lowest BCUT2D eigenvalue weighted by Gasteiger charge is -2.42. The fraction of sp³-hybridized carbons (Fsp3) is 0.612. The van der Waals surface area contributed by atoms with Crippen molar-refractivity contribution in [3.8, 4) is 22.4 Å². The predicted molar refractivity (Wildman–Crippen MR) is 506 cm³/mol. The second-order valence-corrected chi connectivity index (χ2v) is 36.4. The number of ether oxygens (including phenoxy) is 11. The average molecular weight is 1890 g/mol. The fourth-order valence-corrected chi connectivity index (χ4v) is 18.4. The summed E-state index contributed by atoms with van der Waals surface area (Å²) in [5.41, 5.74) is 27.0. The maximum Gasteiger partial charge on any atom is 0.329 e. The van der Waals surface area contributed by atoms with Crippen LogP contribution in [0.5, 0.6) is 0 Å². The largest absolute Gasteiger partial charge is 0.459 e. The van der Waals surface area contributed by atoms with E-state index in [4.69, 9.17) is 88.8 Å². The second-order valence-electron chi connectivity index (χ2n) is 36.4. The van der Waals surface area contributed by atoms with Gasteiger partial charge < -0.3 is 104 Å². The Kier molecular flexibility index (Phi) is 40.1. The summed E-state index contributed by atoms with van der Waals surface area (Å²) >= 11 is 0. The minimum Gasteiger partial charge on any atom is -0.459 e. The van der Waals surface area contributed by atoms with Crippen molar-refractivity contribution in [3.05, 3.63) is 126 Å². The molecule has 12 rings (SSSR count). The number of aromatic nitrogens is 10. The highest BCUT2D eigenvalue weighted by atomic mass is 16.6. The highest BCUT2D eigenvalue weighted by Crippen LogP contribution is 2.40. The molecule has 4 aliphatic heterocycles. The number of carbonyl (C=O) groups excluding carboxylic acids is 6. The molecule has 16 atom stereocenters. The Morgan fingerprint density at radius 3 is 2.24 bits per heavy atom. The number of methoxy groups -OCH3 is 3. The smallest absolute Gasteiger partial charge is 0.329 e. The number of ketones is 3. The molecule has 10 N–H and O–H groups in total. The van der Waals surface area contributed by atoms with Crippen molar-refractivity contribution in [1.82, 2.24) is 64.8 Å². The number of nitrogens with one attached hydrogen (secondary N) is 1. The van der Waals surface area contributed by atoms with Crippen LogP contribution in [-0.4, -0.2) is 303 Å². The first kappa shape index (κ1) is 105. The molecule has 1 saturated carbocycles. The molecule has 5 aliphatic rings. The monoisotopic (exact) mass is 1890 g/mol. The van der Waals surface area contributed by atoms with Crippen LogP contribution in [0.3, 0.4) is 0 Å². The Morgan fingerprint density at radius 2 is 1.50 bits per heavy atom. The summed E-state index contributed by atoms with van der Waals surface area (Å²) in [6.07, 6.45) is 18.7. The Bertz CT molecular complexity index is 5160. The molecular weight excluding hydrogens is 1750 g/mol. The van der Waals surface area contributed by atoms with Crippen LogP contribution in [0, 0.1) is 29.6 Å². The molecule has 1 aliphatic carbocycles. The Morgan fingerprint density at radius 1 is 0.750 bits per heavy atom. The van der Waals surface area contributed by atoms with Gasteiger partial charge in [0.15, 0.2) is 17.0 Å². The molecule has 5 aromatic heterocycles. The van der Waals surface area contributed by atoms with Gasteiger partial charge in [0.25, 0.3) is 17.7 Å². The normalized spacial score (nSPS) is 26.9. The van der Waals surface area contributed by atoms with Gasteiger partial charge in [-0.1, -0.05) is 87.6 Å². The first-order valence-corrected chi connectivity index (χ1v) is 47.8. The van der Waals surface area contributed by atoms with E-state index in [-0.39, 0.29) is 106 Å². The molecule has 7 aromatic rings. The average Bonchev–Trinajstić information content (AvgIpc) is 1.70. The topological polar surface area (TPSA) is 491 Å². The van der Waals surface area contributed by atoms with Crippen LogP contribution in [-0.2, 0) is 107 Å². The van der Waals surface area contributed by atoms with E-state index >= 15 is 0 Å². The number of piperidine rings is 1. The summed E-state index contributed by atoms with van der Waals surface area (Å²) in [5, 5.41) is 51.7. The zero-order chi connectivity index (χ0) is 96.8. The number of fused-ring (bicyclic) bond motifs is 5. The number of amides is 2. The number of rotatable bonds is 38. The minimum absolute atomic E-state index is 0.0233. The first-order valence-electron chi connectivity index (χ1n) is 47.8. The number of aliphatic hydroxyl groups excluding tert-OH is 2. The number of hydrogen-bond donors (Lipinski definition) is 7. The quantitative estimate of drug-likeness (QED) is 0.00833. The van der Waals surface area contributed by atoms with Crippen molar-refractivity contribution >= 4 is 75.0 Å².